The molecule has 4 nitrogen and oxygen atoms in total. The van der Waals surface area contributed by atoms with Crippen molar-refractivity contribution in [3.8, 4) is 0 Å². The highest BCUT2D eigenvalue weighted by atomic mass is 16.3. The van der Waals surface area contributed by atoms with Crippen LogP contribution in [0.5, 0.6) is 0 Å². The van der Waals surface area contributed by atoms with Crippen molar-refractivity contribution in [1.29, 1.82) is 0 Å². The van der Waals surface area contributed by atoms with E-state index in [0.29, 0.717) is 24.2 Å². The Balaban J connectivity index is 1.31. The number of nitrogens with zero attached hydrogens (tertiary/aromatic N) is 1. The first-order chi connectivity index (χ1) is 11.0. The number of carbonyl (C=O) groups excluding carboxylic acids is 1. The molecule has 1 aliphatic heterocycles. The summed E-state index contributed by atoms with van der Waals surface area (Å²) in [5, 5.41) is 14.0. The maximum absolute atomic E-state index is 12.5. The van der Waals surface area contributed by atoms with Crippen LogP contribution in [0.3, 0.4) is 0 Å². The van der Waals surface area contributed by atoms with Gasteiger partial charge in [0, 0.05) is 19.5 Å². The lowest BCUT2D eigenvalue weighted by Crippen LogP contribution is -2.56. The molecule has 5 rings (SSSR count). The van der Waals surface area contributed by atoms with Crippen LogP contribution in [0.4, 0.5) is 0 Å². The minimum Gasteiger partial charge on any atom is -0.390 e. The maximum atomic E-state index is 12.5. The molecular formula is C19H32N2O2. The SMILES string of the molecule is CCN1CC[C@H](CNC(=O)CC23C[C@@H]4C[C@@H](CC(O)(C4)C2)C3)C1. The van der Waals surface area contributed by atoms with E-state index in [2.05, 4.69) is 17.1 Å². The molecule has 0 aromatic rings. The number of hydrogen-bond donors (Lipinski definition) is 2. The lowest BCUT2D eigenvalue weighted by atomic mass is 9.47. The van der Waals surface area contributed by atoms with E-state index in [1.54, 1.807) is 0 Å². The third-order valence-corrected chi connectivity index (χ3v) is 7.09. The number of likely N-dealkylation sites (tertiary alicyclic amines) is 1. The Morgan fingerprint density at radius 3 is 2.61 bits per heavy atom. The van der Waals surface area contributed by atoms with E-state index in [4.69, 9.17) is 0 Å². The Morgan fingerprint density at radius 1 is 1.26 bits per heavy atom. The Hall–Kier alpha value is -0.610. The minimum atomic E-state index is -0.447. The van der Waals surface area contributed by atoms with Gasteiger partial charge in [0.2, 0.25) is 5.91 Å². The summed E-state index contributed by atoms with van der Waals surface area (Å²) < 4.78 is 0. The van der Waals surface area contributed by atoms with Crippen molar-refractivity contribution < 1.29 is 9.90 Å². The summed E-state index contributed by atoms with van der Waals surface area (Å²) in [6, 6.07) is 0. The highest BCUT2D eigenvalue weighted by Crippen LogP contribution is 2.62. The summed E-state index contributed by atoms with van der Waals surface area (Å²) in [4.78, 5) is 15.0. The number of amides is 1. The fraction of sp³-hybridized carbons (Fsp3) is 0.947. The number of carbonyl (C=O) groups is 1. The molecule has 23 heavy (non-hydrogen) atoms. The molecule has 130 valence electrons. The van der Waals surface area contributed by atoms with Gasteiger partial charge in [-0.3, -0.25) is 4.79 Å². The molecule has 4 bridgehead atoms. The van der Waals surface area contributed by atoms with E-state index < -0.39 is 5.60 Å². The van der Waals surface area contributed by atoms with Crippen LogP contribution in [-0.4, -0.2) is 47.7 Å². The molecule has 1 heterocycles. The zero-order valence-electron chi connectivity index (χ0n) is 14.5. The first-order valence-electron chi connectivity index (χ1n) is 9.69. The van der Waals surface area contributed by atoms with Crippen molar-refractivity contribution in [3.05, 3.63) is 0 Å². The normalized spacial score (nSPS) is 45.6. The van der Waals surface area contributed by atoms with Crippen molar-refractivity contribution in [2.75, 3.05) is 26.2 Å². The second-order valence-corrected chi connectivity index (χ2v) is 9.21. The van der Waals surface area contributed by atoms with Crippen molar-refractivity contribution in [3.63, 3.8) is 0 Å². The minimum absolute atomic E-state index is 0.105. The van der Waals surface area contributed by atoms with Gasteiger partial charge in [-0.25, -0.2) is 0 Å². The highest BCUT2D eigenvalue weighted by molar-refractivity contribution is 5.76. The van der Waals surface area contributed by atoms with E-state index in [1.807, 2.05) is 0 Å². The Morgan fingerprint density at radius 2 is 2.00 bits per heavy atom. The van der Waals surface area contributed by atoms with E-state index >= 15 is 0 Å². The Labute approximate surface area is 140 Å². The largest absolute Gasteiger partial charge is 0.390 e. The molecule has 5 aliphatic rings. The van der Waals surface area contributed by atoms with Crippen molar-refractivity contribution in [2.45, 2.75) is 63.9 Å². The van der Waals surface area contributed by atoms with Gasteiger partial charge in [0.05, 0.1) is 5.60 Å². The van der Waals surface area contributed by atoms with Gasteiger partial charge in [0.25, 0.3) is 0 Å². The summed E-state index contributed by atoms with van der Waals surface area (Å²) in [6.07, 6.45) is 8.34. The van der Waals surface area contributed by atoms with Crippen molar-refractivity contribution >= 4 is 5.91 Å². The molecule has 0 spiro atoms. The average molecular weight is 320 g/mol. The number of aliphatic hydroxyl groups is 1. The topological polar surface area (TPSA) is 52.6 Å². The zero-order chi connectivity index (χ0) is 16.1. The molecule has 4 aliphatic carbocycles. The molecule has 4 saturated carbocycles. The first kappa shape index (κ1) is 15.9. The summed E-state index contributed by atoms with van der Waals surface area (Å²) >= 11 is 0. The van der Waals surface area contributed by atoms with Crippen LogP contribution in [0, 0.1) is 23.2 Å². The second kappa shape index (κ2) is 5.73. The summed E-state index contributed by atoms with van der Waals surface area (Å²) in [6.45, 7) is 6.47. The number of nitrogens with one attached hydrogen (secondary N) is 1. The molecular weight excluding hydrogens is 288 g/mol. The molecule has 0 aromatic heterocycles. The Kier molecular flexibility index (Phi) is 3.96. The molecule has 2 unspecified atom stereocenters. The lowest BCUT2D eigenvalue weighted by Gasteiger charge is -2.60. The van der Waals surface area contributed by atoms with E-state index in [9.17, 15) is 9.90 Å². The van der Waals surface area contributed by atoms with Crippen LogP contribution in [0.15, 0.2) is 0 Å². The molecule has 0 aromatic carbocycles. The van der Waals surface area contributed by atoms with Gasteiger partial charge >= 0.3 is 0 Å². The number of hydrogen-bond acceptors (Lipinski definition) is 3. The third kappa shape index (κ3) is 3.17. The van der Waals surface area contributed by atoms with Crippen LogP contribution in [-0.2, 0) is 4.79 Å². The molecule has 0 radical (unpaired) electrons. The summed E-state index contributed by atoms with van der Waals surface area (Å²) in [5.74, 6) is 2.19. The van der Waals surface area contributed by atoms with Gasteiger partial charge in [0.1, 0.15) is 0 Å². The summed E-state index contributed by atoms with van der Waals surface area (Å²) in [7, 11) is 0. The first-order valence-corrected chi connectivity index (χ1v) is 9.69. The standard InChI is InChI=1S/C19H32N2O2/c1-2-21-4-3-14(12-21)11-20-17(22)10-18-6-15-5-16(7-18)9-19(23,8-15)13-18/h14-16,23H,2-13H2,1H3,(H,20,22)/t14-,15-,16+,18?,19?/m1/s1. The van der Waals surface area contributed by atoms with Crippen LogP contribution in [0.1, 0.15) is 58.3 Å². The van der Waals surface area contributed by atoms with Gasteiger partial charge < -0.3 is 15.3 Å². The fourth-order valence-electron chi connectivity index (χ4n) is 6.64. The Bertz CT molecular complexity index is 464. The van der Waals surface area contributed by atoms with Gasteiger partial charge in [-0.2, -0.15) is 0 Å². The molecule has 1 saturated heterocycles. The lowest BCUT2D eigenvalue weighted by molar-refractivity contribution is -0.169. The molecule has 4 heteroatoms. The van der Waals surface area contributed by atoms with Crippen molar-refractivity contribution in [2.24, 2.45) is 23.2 Å². The highest BCUT2D eigenvalue weighted by Gasteiger charge is 2.57. The third-order valence-electron chi connectivity index (χ3n) is 7.09. The van der Waals surface area contributed by atoms with Crippen molar-refractivity contribution in [1.82, 2.24) is 10.2 Å². The van der Waals surface area contributed by atoms with Gasteiger partial charge in [-0.05, 0) is 81.2 Å². The van der Waals surface area contributed by atoms with Gasteiger partial charge in [-0.15, -0.1) is 0 Å². The average Bonchev–Trinajstić information content (AvgIpc) is 2.90. The molecule has 1 amide bonds. The quantitative estimate of drug-likeness (QED) is 0.816. The zero-order valence-corrected chi connectivity index (χ0v) is 14.5. The smallest absolute Gasteiger partial charge is 0.220 e. The van der Waals surface area contributed by atoms with E-state index in [-0.39, 0.29) is 11.3 Å². The predicted molar refractivity (Wildman–Crippen MR) is 89.9 cm³/mol. The predicted octanol–water partition coefficient (Wildman–Crippen LogP) is 2.17. The molecule has 2 N–H and O–H groups in total. The second-order valence-electron chi connectivity index (χ2n) is 9.21. The van der Waals surface area contributed by atoms with Crippen LogP contribution in [0.25, 0.3) is 0 Å². The van der Waals surface area contributed by atoms with Gasteiger partial charge in [0.15, 0.2) is 0 Å². The number of rotatable bonds is 5. The van der Waals surface area contributed by atoms with Crippen LogP contribution < -0.4 is 5.32 Å². The van der Waals surface area contributed by atoms with Crippen LogP contribution in [0.2, 0.25) is 0 Å². The molecule has 5 fully saturated rings. The summed E-state index contributed by atoms with van der Waals surface area (Å²) in [5.41, 5.74) is -0.342. The van der Waals surface area contributed by atoms with E-state index in [0.717, 1.165) is 38.9 Å². The fourth-order valence-corrected chi connectivity index (χ4v) is 6.64. The van der Waals surface area contributed by atoms with Gasteiger partial charge in [-0.1, -0.05) is 6.92 Å². The molecule has 5 atom stereocenters. The monoisotopic (exact) mass is 320 g/mol. The maximum Gasteiger partial charge on any atom is 0.220 e. The van der Waals surface area contributed by atoms with Crippen LogP contribution >= 0.6 is 0 Å². The van der Waals surface area contributed by atoms with E-state index in [1.165, 1.54) is 32.2 Å².